The Morgan fingerprint density at radius 3 is 2.34 bits per heavy atom. The van der Waals surface area contributed by atoms with Crippen LogP contribution in [-0.2, 0) is 9.53 Å². The molecule has 2 aromatic carbocycles. The smallest absolute Gasteiger partial charge is 0.338 e. The number of esters is 1. The molecule has 29 heavy (non-hydrogen) atoms. The van der Waals surface area contributed by atoms with Crippen molar-refractivity contribution in [2.24, 2.45) is 5.92 Å². The molecule has 0 bridgehead atoms. The van der Waals surface area contributed by atoms with Gasteiger partial charge >= 0.3 is 5.97 Å². The Kier molecular flexibility index (Phi) is 4.88. The molecule has 1 heterocycles. The summed E-state index contributed by atoms with van der Waals surface area (Å²) in [5.74, 6) is -1.42. The number of hydrogen-bond donors (Lipinski definition) is 1. The van der Waals surface area contributed by atoms with Gasteiger partial charge < -0.3 is 10.1 Å². The van der Waals surface area contributed by atoms with E-state index in [4.69, 9.17) is 4.74 Å². The predicted octanol–water partition coefficient (Wildman–Crippen LogP) is 2.56. The van der Waals surface area contributed by atoms with Gasteiger partial charge in [0.15, 0.2) is 6.61 Å². The van der Waals surface area contributed by atoms with E-state index in [9.17, 15) is 19.2 Å². The standard InChI is InChI=1S/C22H20N2O5/c1-13(14-9-10-14)23-19(25)12-29-22(28)15-5-4-6-16(11-15)24-20(26)17-7-2-3-8-18(17)21(24)27/h2-8,11,13-14H,9-10,12H2,1H3,(H,23,25). The Morgan fingerprint density at radius 2 is 1.72 bits per heavy atom. The Morgan fingerprint density at radius 1 is 1.07 bits per heavy atom. The maximum atomic E-state index is 12.6. The van der Waals surface area contributed by atoms with Gasteiger partial charge in [0.05, 0.1) is 22.4 Å². The van der Waals surface area contributed by atoms with Gasteiger partial charge in [-0.3, -0.25) is 14.4 Å². The zero-order chi connectivity index (χ0) is 20.5. The second-order valence-corrected chi connectivity index (χ2v) is 7.31. The highest BCUT2D eigenvalue weighted by atomic mass is 16.5. The lowest BCUT2D eigenvalue weighted by Crippen LogP contribution is -2.37. The molecule has 0 aromatic heterocycles. The minimum Gasteiger partial charge on any atom is -0.452 e. The van der Waals surface area contributed by atoms with Crippen molar-refractivity contribution in [1.82, 2.24) is 5.32 Å². The van der Waals surface area contributed by atoms with E-state index in [-0.39, 0.29) is 29.8 Å². The fourth-order valence-corrected chi connectivity index (χ4v) is 3.42. The van der Waals surface area contributed by atoms with Crippen LogP contribution in [0.5, 0.6) is 0 Å². The first kappa shape index (κ1) is 18.9. The molecular weight excluding hydrogens is 372 g/mol. The summed E-state index contributed by atoms with van der Waals surface area (Å²) in [6, 6.07) is 12.7. The van der Waals surface area contributed by atoms with Crippen molar-refractivity contribution in [2.75, 3.05) is 11.5 Å². The molecular formula is C22H20N2O5. The van der Waals surface area contributed by atoms with Crippen molar-refractivity contribution in [3.8, 4) is 0 Å². The molecule has 7 heteroatoms. The predicted molar refractivity (Wildman–Crippen MR) is 105 cm³/mol. The van der Waals surface area contributed by atoms with E-state index >= 15 is 0 Å². The average molecular weight is 392 g/mol. The van der Waals surface area contributed by atoms with E-state index in [0.717, 1.165) is 17.7 Å². The topological polar surface area (TPSA) is 92.8 Å². The van der Waals surface area contributed by atoms with Crippen molar-refractivity contribution < 1.29 is 23.9 Å². The molecule has 1 aliphatic carbocycles. The third kappa shape index (κ3) is 3.76. The number of imide groups is 1. The number of carbonyl (C=O) groups excluding carboxylic acids is 4. The summed E-state index contributed by atoms with van der Waals surface area (Å²) in [7, 11) is 0. The fourth-order valence-electron chi connectivity index (χ4n) is 3.42. The summed E-state index contributed by atoms with van der Waals surface area (Å²) in [5.41, 5.74) is 1.08. The molecule has 1 saturated carbocycles. The molecule has 3 amide bonds. The van der Waals surface area contributed by atoms with E-state index in [1.165, 1.54) is 12.1 Å². The van der Waals surface area contributed by atoms with Crippen molar-refractivity contribution in [3.63, 3.8) is 0 Å². The van der Waals surface area contributed by atoms with Crippen LogP contribution < -0.4 is 10.2 Å². The van der Waals surface area contributed by atoms with Gasteiger partial charge in [-0.05, 0) is 56.0 Å². The summed E-state index contributed by atoms with van der Waals surface area (Å²) in [6.07, 6.45) is 2.21. The summed E-state index contributed by atoms with van der Waals surface area (Å²) < 4.78 is 5.08. The van der Waals surface area contributed by atoms with Crippen molar-refractivity contribution in [3.05, 3.63) is 65.2 Å². The van der Waals surface area contributed by atoms with Crippen LogP contribution in [0.3, 0.4) is 0 Å². The summed E-state index contributed by atoms with van der Waals surface area (Å²) >= 11 is 0. The van der Waals surface area contributed by atoms with Crippen LogP contribution in [0.25, 0.3) is 0 Å². The van der Waals surface area contributed by atoms with Gasteiger partial charge in [-0.25, -0.2) is 9.69 Å². The number of amides is 3. The van der Waals surface area contributed by atoms with E-state index in [2.05, 4.69) is 5.32 Å². The Labute approximate surface area is 167 Å². The lowest BCUT2D eigenvalue weighted by Gasteiger charge is -2.15. The number of rotatable bonds is 6. The first-order valence-electron chi connectivity index (χ1n) is 9.50. The number of nitrogens with one attached hydrogen (secondary N) is 1. The molecule has 0 saturated heterocycles. The molecule has 1 aliphatic heterocycles. The number of anilines is 1. The summed E-state index contributed by atoms with van der Waals surface area (Å²) in [6.45, 7) is 1.55. The van der Waals surface area contributed by atoms with Crippen LogP contribution in [0.1, 0.15) is 50.8 Å². The molecule has 2 aliphatic rings. The average Bonchev–Trinajstić information content (AvgIpc) is 3.54. The van der Waals surface area contributed by atoms with Crippen LogP contribution in [0.4, 0.5) is 5.69 Å². The molecule has 7 nitrogen and oxygen atoms in total. The largest absolute Gasteiger partial charge is 0.452 e. The van der Waals surface area contributed by atoms with Gasteiger partial charge in [-0.2, -0.15) is 0 Å². The molecule has 0 spiro atoms. The molecule has 1 atom stereocenters. The number of carbonyl (C=O) groups is 4. The molecule has 1 N–H and O–H groups in total. The lowest BCUT2D eigenvalue weighted by molar-refractivity contribution is -0.124. The molecule has 2 aromatic rings. The molecule has 4 rings (SSSR count). The highest BCUT2D eigenvalue weighted by Gasteiger charge is 2.36. The van der Waals surface area contributed by atoms with Crippen molar-refractivity contribution in [2.45, 2.75) is 25.8 Å². The zero-order valence-corrected chi connectivity index (χ0v) is 15.9. The van der Waals surface area contributed by atoms with Gasteiger partial charge in [0.1, 0.15) is 0 Å². The van der Waals surface area contributed by atoms with Gasteiger partial charge in [0.25, 0.3) is 17.7 Å². The van der Waals surface area contributed by atoms with E-state index in [0.29, 0.717) is 17.0 Å². The lowest BCUT2D eigenvalue weighted by atomic mass is 10.1. The Balaban J connectivity index is 1.43. The number of nitrogens with zero attached hydrogens (tertiary/aromatic N) is 1. The molecule has 0 radical (unpaired) electrons. The number of hydrogen-bond acceptors (Lipinski definition) is 5. The maximum Gasteiger partial charge on any atom is 0.338 e. The number of fused-ring (bicyclic) bond motifs is 1. The summed E-state index contributed by atoms with van der Waals surface area (Å²) in [4.78, 5) is 50.5. The first-order valence-corrected chi connectivity index (χ1v) is 9.50. The van der Waals surface area contributed by atoms with Crippen LogP contribution in [0.15, 0.2) is 48.5 Å². The summed E-state index contributed by atoms with van der Waals surface area (Å²) in [5, 5.41) is 2.81. The second kappa shape index (κ2) is 7.50. The maximum absolute atomic E-state index is 12.6. The van der Waals surface area contributed by atoms with Crippen molar-refractivity contribution in [1.29, 1.82) is 0 Å². The minimum absolute atomic E-state index is 0.0679. The molecule has 1 unspecified atom stereocenters. The van der Waals surface area contributed by atoms with Crippen LogP contribution in [-0.4, -0.2) is 36.3 Å². The Bertz CT molecular complexity index is 977. The first-order chi connectivity index (χ1) is 14.0. The minimum atomic E-state index is -0.697. The van der Waals surface area contributed by atoms with Gasteiger partial charge in [0.2, 0.25) is 0 Å². The second-order valence-electron chi connectivity index (χ2n) is 7.31. The molecule has 1 fully saturated rings. The van der Waals surface area contributed by atoms with Gasteiger partial charge in [-0.15, -0.1) is 0 Å². The molecule has 148 valence electrons. The van der Waals surface area contributed by atoms with Gasteiger partial charge in [-0.1, -0.05) is 18.2 Å². The van der Waals surface area contributed by atoms with E-state index < -0.39 is 17.8 Å². The third-order valence-corrected chi connectivity index (χ3v) is 5.19. The monoisotopic (exact) mass is 392 g/mol. The highest BCUT2D eigenvalue weighted by molar-refractivity contribution is 6.34. The quantitative estimate of drug-likeness (QED) is 0.602. The normalized spacial score (nSPS) is 16.4. The zero-order valence-electron chi connectivity index (χ0n) is 15.9. The van der Waals surface area contributed by atoms with Crippen LogP contribution >= 0.6 is 0 Å². The van der Waals surface area contributed by atoms with Crippen LogP contribution in [0.2, 0.25) is 0 Å². The van der Waals surface area contributed by atoms with Crippen molar-refractivity contribution >= 4 is 29.4 Å². The van der Waals surface area contributed by atoms with E-state index in [1.54, 1.807) is 36.4 Å². The third-order valence-electron chi connectivity index (χ3n) is 5.19. The number of ether oxygens (including phenoxy) is 1. The number of benzene rings is 2. The highest BCUT2D eigenvalue weighted by Crippen LogP contribution is 2.32. The Hall–Kier alpha value is -3.48. The van der Waals surface area contributed by atoms with Crippen LogP contribution in [0, 0.1) is 5.92 Å². The SMILES string of the molecule is CC(NC(=O)COC(=O)c1cccc(N2C(=O)c3ccccc3C2=O)c1)C1CC1. The van der Waals surface area contributed by atoms with E-state index in [1.807, 2.05) is 6.92 Å². The van der Waals surface area contributed by atoms with Gasteiger partial charge in [0, 0.05) is 6.04 Å². The fraction of sp³-hybridized carbons (Fsp3) is 0.273.